The Labute approximate surface area is 58.8 Å². The van der Waals surface area contributed by atoms with E-state index in [1.54, 1.807) is 0 Å². The first-order chi connectivity index (χ1) is 4.36. The topological polar surface area (TPSA) is 27.7 Å². The van der Waals surface area contributed by atoms with Gasteiger partial charge in [0.15, 0.2) is 0 Å². The molecule has 1 fully saturated rings. The summed E-state index contributed by atoms with van der Waals surface area (Å²) in [5, 5.41) is 0. The molecule has 0 spiro atoms. The van der Waals surface area contributed by atoms with E-state index in [2.05, 4.69) is 0 Å². The molecule has 0 radical (unpaired) electrons. The van der Waals surface area contributed by atoms with Gasteiger partial charge < -0.3 is 14.2 Å². The molecule has 0 aromatic rings. The van der Waals surface area contributed by atoms with Crippen molar-refractivity contribution in [3.63, 3.8) is 0 Å². The third-order valence-electron chi connectivity index (χ3n) is 1.09. The largest absolute Gasteiger partial charge is 0.333 e. The van der Waals surface area contributed by atoms with Crippen LogP contribution in [0.3, 0.4) is 0 Å². The number of hydrogen-bond acceptors (Lipinski definition) is 3. The highest BCUT2D eigenvalue weighted by Gasteiger charge is 2.24. The molecule has 1 aliphatic rings. The minimum absolute atomic E-state index is 0.00313. The lowest BCUT2D eigenvalue weighted by Crippen LogP contribution is -2.14. The molecule has 54 valence electrons. The molecule has 0 aromatic heterocycles. The lowest BCUT2D eigenvalue weighted by Gasteiger charge is -2.05. The van der Waals surface area contributed by atoms with Crippen LogP contribution in [-0.2, 0) is 14.2 Å². The standard InChI is InChI=1S/C5H9ClO3/c1-7-5-8-3-4(2-6)9-5/h4-5H,2-3H2,1H3. The van der Waals surface area contributed by atoms with Crippen LogP contribution in [0.15, 0.2) is 0 Å². The van der Waals surface area contributed by atoms with Gasteiger partial charge in [-0.3, -0.25) is 0 Å². The second-order valence-corrected chi connectivity index (χ2v) is 2.08. The third-order valence-corrected chi connectivity index (χ3v) is 1.43. The van der Waals surface area contributed by atoms with Gasteiger partial charge in [0.2, 0.25) is 0 Å². The summed E-state index contributed by atoms with van der Waals surface area (Å²) in [5.41, 5.74) is 0. The fourth-order valence-electron chi connectivity index (χ4n) is 0.626. The van der Waals surface area contributed by atoms with Gasteiger partial charge in [-0.05, 0) is 0 Å². The summed E-state index contributed by atoms with van der Waals surface area (Å²) in [4.78, 5) is 0. The van der Waals surface area contributed by atoms with E-state index in [1.165, 1.54) is 7.11 Å². The van der Waals surface area contributed by atoms with E-state index in [0.29, 0.717) is 12.5 Å². The first kappa shape index (κ1) is 7.28. The predicted molar refractivity (Wildman–Crippen MR) is 32.3 cm³/mol. The van der Waals surface area contributed by atoms with E-state index in [1.807, 2.05) is 0 Å². The van der Waals surface area contributed by atoms with Crippen molar-refractivity contribution in [2.75, 3.05) is 19.6 Å². The van der Waals surface area contributed by atoms with Crippen molar-refractivity contribution < 1.29 is 14.2 Å². The average molecular weight is 153 g/mol. The molecule has 3 nitrogen and oxygen atoms in total. The molecule has 1 saturated heterocycles. The maximum atomic E-state index is 5.47. The molecule has 4 heteroatoms. The van der Waals surface area contributed by atoms with Gasteiger partial charge in [0.25, 0.3) is 6.48 Å². The minimum atomic E-state index is -0.506. The van der Waals surface area contributed by atoms with Crippen molar-refractivity contribution in [1.82, 2.24) is 0 Å². The van der Waals surface area contributed by atoms with Crippen molar-refractivity contribution in [3.8, 4) is 0 Å². The van der Waals surface area contributed by atoms with Gasteiger partial charge in [0, 0.05) is 7.11 Å². The Morgan fingerprint density at radius 1 is 1.78 bits per heavy atom. The number of halogens is 1. The van der Waals surface area contributed by atoms with Gasteiger partial charge in [0.05, 0.1) is 12.5 Å². The van der Waals surface area contributed by atoms with E-state index < -0.39 is 6.48 Å². The molecule has 0 bridgehead atoms. The number of rotatable bonds is 2. The van der Waals surface area contributed by atoms with Gasteiger partial charge in [-0.15, -0.1) is 11.6 Å². The molecule has 2 atom stereocenters. The minimum Gasteiger partial charge on any atom is -0.333 e. The average Bonchev–Trinajstić information content (AvgIpc) is 2.34. The van der Waals surface area contributed by atoms with Crippen LogP contribution >= 0.6 is 11.6 Å². The molecule has 0 saturated carbocycles. The predicted octanol–water partition coefficient (Wildman–Crippen LogP) is 0.571. The summed E-state index contributed by atoms with van der Waals surface area (Å²) in [6, 6.07) is 0. The van der Waals surface area contributed by atoms with Crippen molar-refractivity contribution >= 4 is 11.6 Å². The smallest absolute Gasteiger partial charge is 0.271 e. The lowest BCUT2D eigenvalue weighted by molar-refractivity contribution is -0.221. The number of methoxy groups -OCH3 is 1. The van der Waals surface area contributed by atoms with E-state index >= 15 is 0 Å². The molecule has 0 N–H and O–H groups in total. The molecule has 0 amide bonds. The van der Waals surface area contributed by atoms with Crippen molar-refractivity contribution in [3.05, 3.63) is 0 Å². The monoisotopic (exact) mass is 152 g/mol. The van der Waals surface area contributed by atoms with E-state index in [9.17, 15) is 0 Å². The zero-order chi connectivity index (χ0) is 6.69. The van der Waals surface area contributed by atoms with Crippen molar-refractivity contribution in [1.29, 1.82) is 0 Å². The first-order valence-corrected chi connectivity index (χ1v) is 3.26. The molecule has 1 rings (SSSR count). The van der Waals surface area contributed by atoms with Crippen LogP contribution in [0.25, 0.3) is 0 Å². The summed E-state index contributed by atoms with van der Waals surface area (Å²) in [6.45, 7) is 0.0240. The highest BCUT2D eigenvalue weighted by Crippen LogP contribution is 2.12. The summed E-state index contributed by atoms with van der Waals surface area (Å²) < 4.78 is 14.8. The number of hydrogen-bond donors (Lipinski definition) is 0. The van der Waals surface area contributed by atoms with Gasteiger partial charge >= 0.3 is 0 Å². The van der Waals surface area contributed by atoms with Crippen LogP contribution < -0.4 is 0 Å². The van der Waals surface area contributed by atoms with Gasteiger partial charge in [0.1, 0.15) is 6.10 Å². The molecular formula is C5H9ClO3. The SMILES string of the molecule is COC1OCC(CCl)O1. The Balaban J connectivity index is 2.20. The molecule has 0 aliphatic carbocycles. The molecular weight excluding hydrogens is 144 g/mol. The summed E-state index contributed by atoms with van der Waals surface area (Å²) in [5.74, 6) is 0.458. The zero-order valence-electron chi connectivity index (χ0n) is 5.17. The Hall–Kier alpha value is 0.170. The van der Waals surface area contributed by atoms with Crippen LogP contribution in [0.2, 0.25) is 0 Å². The fourth-order valence-corrected chi connectivity index (χ4v) is 0.788. The molecule has 9 heavy (non-hydrogen) atoms. The number of ether oxygens (including phenoxy) is 3. The summed E-state index contributed by atoms with van der Waals surface area (Å²) >= 11 is 5.47. The van der Waals surface area contributed by atoms with E-state index in [4.69, 9.17) is 25.8 Å². The van der Waals surface area contributed by atoms with E-state index in [0.717, 1.165) is 0 Å². The van der Waals surface area contributed by atoms with Crippen molar-refractivity contribution in [2.45, 2.75) is 12.6 Å². The third kappa shape index (κ3) is 1.79. The normalized spacial score (nSPS) is 35.3. The van der Waals surface area contributed by atoms with E-state index in [-0.39, 0.29) is 6.10 Å². The molecule has 0 aromatic carbocycles. The quantitative estimate of drug-likeness (QED) is 0.542. The van der Waals surface area contributed by atoms with Crippen LogP contribution in [0, 0.1) is 0 Å². The Kier molecular flexibility index (Phi) is 2.72. The Morgan fingerprint density at radius 2 is 2.56 bits per heavy atom. The Bertz CT molecular complexity index is 78.3. The second kappa shape index (κ2) is 3.37. The maximum Gasteiger partial charge on any atom is 0.271 e. The van der Waals surface area contributed by atoms with Gasteiger partial charge in [-0.1, -0.05) is 0 Å². The van der Waals surface area contributed by atoms with Gasteiger partial charge in [-0.2, -0.15) is 0 Å². The van der Waals surface area contributed by atoms with Crippen LogP contribution in [-0.4, -0.2) is 32.2 Å². The van der Waals surface area contributed by atoms with Crippen molar-refractivity contribution in [2.24, 2.45) is 0 Å². The highest BCUT2D eigenvalue weighted by molar-refractivity contribution is 6.18. The molecule has 1 aliphatic heterocycles. The maximum absolute atomic E-state index is 5.47. The highest BCUT2D eigenvalue weighted by atomic mass is 35.5. The van der Waals surface area contributed by atoms with Crippen LogP contribution in [0.5, 0.6) is 0 Å². The first-order valence-electron chi connectivity index (χ1n) is 2.72. The van der Waals surface area contributed by atoms with Crippen LogP contribution in [0.1, 0.15) is 0 Å². The van der Waals surface area contributed by atoms with Crippen LogP contribution in [0.4, 0.5) is 0 Å². The second-order valence-electron chi connectivity index (χ2n) is 1.77. The Morgan fingerprint density at radius 3 is 2.89 bits per heavy atom. The molecule has 2 unspecified atom stereocenters. The zero-order valence-corrected chi connectivity index (χ0v) is 5.93. The molecule has 1 heterocycles. The fraction of sp³-hybridized carbons (Fsp3) is 1.00. The van der Waals surface area contributed by atoms with Gasteiger partial charge in [-0.25, -0.2) is 0 Å². The lowest BCUT2D eigenvalue weighted by atomic mass is 10.4. The number of alkyl halides is 1. The summed E-state index contributed by atoms with van der Waals surface area (Å²) in [7, 11) is 1.53. The summed E-state index contributed by atoms with van der Waals surface area (Å²) in [6.07, 6.45) is -0.00313.